The van der Waals surface area contributed by atoms with E-state index < -0.39 is 0 Å². The van der Waals surface area contributed by atoms with Crippen LogP contribution in [0.25, 0.3) is 11.0 Å². The van der Waals surface area contributed by atoms with Crippen LogP contribution in [0.15, 0.2) is 40.2 Å². The number of benzene rings is 1. The predicted octanol–water partition coefficient (Wildman–Crippen LogP) is 1.46. The molecule has 5 rings (SSSR count). The van der Waals surface area contributed by atoms with Gasteiger partial charge in [-0.15, -0.1) is 0 Å². The molecule has 3 aromatic rings. The van der Waals surface area contributed by atoms with Crippen molar-refractivity contribution in [3.8, 4) is 0 Å². The zero-order chi connectivity index (χ0) is 21.4. The smallest absolute Gasteiger partial charge is 0.293 e. The van der Waals surface area contributed by atoms with Gasteiger partial charge < -0.3 is 20.5 Å². The molecule has 9 heteroatoms. The maximum atomic E-state index is 13.5. The standard InChI is InChI=1S/C22H28N8O/c1-2-29-20-18(27-22(29)28-11-5-6-15(23)13-28)12-26-30(21(20)31)14-19-16-7-3-4-8-17(16)24-9-10-25-19/h3-4,7-8,12,15,24H,2,5-6,9-11,13-14,23H2,1H3. The monoisotopic (exact) mass is 420 g/mol. The van der Waals surface area contributed by atoms with Crippen LogP contribution in [0, 0.1) is 0 Å². The molecule has 0 saturated carbocycles. The molecular formula is C22H28N8O. The molecule has 1 fully saturated rings. The van der Waals surface area contributed by atoms with Crippen LogP contribution in [0.1, 0.15) is 25.3 Å². The summed E-state index contributed by atoms with van der Waals surface area (Å²) in [6, 6.07) is 8.19. The van der Waals surface area contributed by atoms with Crippen molar-refractivity contribution in [2.45, 2.75) is 38.9 Å². The molecular weight excluding hydrogens is 392 g/mol. The Morgan fingerprint density at radius 3 is 3.00 bits per heavy atom. The highest BCUT2D eigenvalue weighted by Gasteiger charge is 2.24. The lowest BCUT2D eigenvalue weighted by molar-refractivity contribution is 0.494. The lowest BCUT2D eigenvalue weighted by Gasteiger charge is -2.31. The van der Waals surface area contributed by atoms with Crippen LogP contribution in [0.2, 0.25) is 0 Å². The van der Waals surface area contributed by atoms with E-state index in [0.29, 0.717) is 30.7 Å². The first kappa shape index (κ1) is 19.7. The Hall–Kier alpha value is -3.20. The zero-order valence-corrected chi connectivity index (χ0v) is 17.8. The number of nitrogens with zero attached hydrogens (tertiary/aromatic N) is 6. The fourth-order valence-corrected chi connectivity index (χ4v) is 4.55. The Balaban J connectivity index is 1.55. The van der Waals surface area contributed by atoms with Gasteiger partial charge in [-0.1, -0.05) is 18.2 Å². The number of fused-ring (bicyclic) bond motifs is 2. The largest absolute Gasteiger partial charge is 0.383 e. The zero-order valence-electron chi connectivity index (χ0n) is 17.8. The molecule has 0 bridgehead atoms. The molecule has 0 aliphatic carbocycles. The predicted molar refractivity (Wildman–Crippen MR) is 123 cm³/mol. The summed E-state index contributed by atoms with van der Waals surface area (Å²) < 4.78 is 3.50. The first-order chi connectivity index (χ1) is 15.2. The SMILES string of the molecule is CCn1c(N2CCCC(N)C2)nc2cnn(CC3=NCCNc4ccccc43)c(=O)c21. The lowest BCUT2D eigenvalue weighted by Crippen LogP contribution is -2.44. The van der Waals surface area contributed by atoms with Crippen molar-refractivity contribution in [3.63, 3.8) is 0 Å². The number of hydrogen-bond donors (Lipinski definition) is 2. The maximum Gasteiger partial charge on any atom is 0.293 e. The highest BCUT2D eigenvalue weighted by Crippen LogP contribution is 2.23. The van der Waals surface area contributed by atoms with E-state index in [1.807, 2.05) is 35.8 Å². The molecule has 2 aliphatic rings. The molecule has 0 amide bonds. The molecule has 1 aromatic carbocycles. The molecule has 1 saturated heterocycles. The lowest BCUT2D eigenvalue weighted by atomic mass is 10.1. The van der Waals surface area contributed by atoms with Crippen LogP contribution in [-0.2, 0) is 13.1 Å². The summed E-state index contributed by atoms with van der Waals surface area (Å²) in [6.45, 7) is 6.11. The molecule has 0 spiro atoms. The Morgan fingerprint density at radius 2 is 2.16 bits per heavy atom. The Labute approximate surface area is 180 Å². The van der Waals surface area contributed by atoms with E-state index in [4.69, 9.17) is 15.7 Å². The minimum Gasteiger partial charge on any atom is -0.383 e. The van der Waals surface area contributed by atoms with Crippen LogP contribution in [0.3, 0.4) is 0 Å². The van der Waals surface area contributed by atoms with Gasteiger partial charge >= 0.3 is 0 Å². The highest BCUT2D eigenvalue weighted by molar-refractivity contribution is 6.05. The van der Waals surface area contributed by atoms with Gasteiger partial charge in [0.2, 0.25) is 5.95 Å². The first-order valence-corrected chi connectivity index (χ1v) is 11.0. The first-order valence-electron chi connectivity index (χ1n) is 11.0. The van der Waals surface area contributed by atoms with Gasteiger partial charge in [0, 0.05) is 43.5 Å². The van der Waals surface area contributed by atoms with Crippen LogP contribution in [-0.4, -0.2) is 57.3 Å². The fourth-order valence-electron chi connectivity index (χ4n) is 4.55. The quantitative estimate of drug-likeness (QED) is 0.662. The van der Waals surface area contributed by atoms with Crippen molar-refractivity contribution in [2.75, 3.05) is 36.4 Å². The number of anilines is 2. The van der Waals surface area contributed by atoms with E-state index in [9.17, 15) is 4.79 Å². The molecule has 4 heterocycles. The van der Waals surface area contributed by atoms with Crippen molar-refractivity contribution in [1.82, 2.24) is 19.3 Å². The van der Waals surface area contributed by atoms with Crippen LogP contribution < -0.4 is 21.5 Å². The number of rotatable bonds is 4. The normalized spacial score (nSPS) is 19.0. The number of aromatic nitrogens is 4. The second-order valence-corrected chi connectivity index (χ2v) is 8.15. The van der Waals surface area contributed by atoms with Crippen molar-refractivity contribution in [1.29, 1.82) is 0 Å². The number of nitrogens with one attached hydrogen (secondary N) is 1. The average molecular weight is 421 g/mol. The van der Waals surface area contributed by atoms with Gasteiger partial charge in [-0.05, 0) is 25.8 Å². The number of hydrogen-bond acceptors (Lipinski definition) is 7. The second kappa shape index (κ2) is 8.14. The van der Waals surface area contributed by atoms with E-state index in [1.165, 1.54) is 4.68 Å². The second-order valence-electron chi connectivity index (χ2n) is 8.15. The Morgan fingerprint density at radius 1 is 1.29 bits per heavy atom. The molecule has 31 heavy (non-hydrogen) atoms. The Kier molecular flexibility index (Phi) is 5.19. The van der Waals surface area contributed by atoms with Crippen molar-refractivity contribution >= 4 is 28.4 Å². The van der Waals surface area contributed by atoms with Gasteiger partial charge in [0.1, 0.15) is 11.0 Å². The van der Waals surface area contributed by atoms with E-state index in [2.05, 4.69) is 15.3 Å². The molecule has 1 unspecified atom stereocenters. The van der Waals surface area contributed by atoms with Crippen molar-refractivity contribution in [2.24, 2.45) is 10.7 Å². The molecule has 9 nitrogen and oxygen atoms in total. The van der Waals surface area contributed by atoms with Gasteiger partial charge in [0.05, 0.1) is 25.0 Å². The number of aliphatic imine (C=N–C) groups is 1. The molecule has 2 aliphatic heterocycles. The number of benzodiazepines with no additional fused rings is 1. The number of para-hydroxylation sites is 1. The molecule has 2 aromatic heterocycles. The van der Waals surface area contributed by atoms with E-state index in [1.54, 1.807) is 6.20 Å². The van der Waals surface area contributed by atoms with Gasteiger partial charge in [-0.2, -0.15) is 5.10 Å². The summed E-state index contributed by atoms with van der Waals surface area (Å²) >= 11 is 0. The van der Waals surface area contributed by atoms with Crippen LogP contribution >= 0.6 is 0 Å². The number of nitrogens with two attached hydrogens (primary N) is 1. The van der Waals surface area contributed by atoms with E-state index in [-0.39, 0.29) is 11.6 Å². The topological polar surface area (TPSA) is 106 Å². The van der Waals surface area contributed by atoms with E-state index >= 15 is 0 Å². The fraction of sp³-hybridized carbons (Fsp3) is 0.455. The molecule has 162 valence electrons. The van der Waals surface area contributed by atoms with E-state index in [0.717, 1.165) is 55.4 Å². The summed E-state index contributed by atoms with van der Waals surface area (Å²) in [5.41, 5.74) is 10.2. The Bertz CT molecular complexity index is 1190. The van der Waals surface area contributed by atoms with Crippen LogP contribution in [0.4, 0.5) is 11.6 Å². The summed E-state index contributed by atoms with van der Waals surface area (Å²) in [7, 11) is 0. The number of aryl methyl sites for hydroxylation is 1. The summed E-state index contributed by atoms with van der Waals surface area (Å²) in [6.07, 6.45) is 3.75. The van der Waals surface area contributed by atoms with Crippen molar-refractivity contribution < 1.29 is 0 Å². The van der Waals surface area contributed by atoms with Gasteiger partial charge in [-0.25, -0.2) is 9.67 Å². The minimum absolute atomic E-state index is 0.135. The number of imidazole rings is 1. The third kappa shape index (κ3) is 3.59. The highest BCUT2D eigenvalue weighted by atomic mass is 16.1. The molecule has 3 N–H and O–H groups in total. The van der Waals surface area contributed by atoms with Crippen molar-refractivity contribution in [3.05, 3.63) is 46.4 Å². The minimum atomic E-state index is -0.142. The van der Waals surface area contributed by atoms with Crippen LogP contribution in [0.5, 0.6) is 0 Å². The number of piperidine rings is 1. The summed E-state index contributed by atoms with van der Waals surface area (Å²) in [5.74, 6) is 0.811. The molecule has 1 atom stereocenters. The third-order valence-electron chi connectivity index (χ3n) is 6.06. The summed E-state index contributed by atoms with van der Waals surface area (Å²) in [5, 5.41) is 7.83. The molecule has 0 radical (unpaired) electrons. The third-order valence-corrected chi connectivity index (χ3v) is 6.06. The summed E-state index contributed by atoms with van der Waals surface area (Å²) in [4.78, 5) is 25.1. The maximum absolute atomic E-state index is 13.5. The van der Waals surface area contributed by atoms with Gasteiger partial charge in [0.15, 0.2) is 0 Å². The van der Waals surface area contributed by atoms with Gasteiger partial charge in [-0.3, -0.25) is 9.79 Å². The van der Waals surface area contributed by atoms with Gasteiger partial charge in [0.25, 0.3) is 5.56 Å². The average Bonchev–Trinajstić information content (AvgIpc) is 3.05.